The summed E-state index contributed by atoms with van der Waals surface area (Å²) in [6.45, 7) is 4.53. The zero-order valence-electron chi connectivity index (χ0n) is 14.7. The lowest BCUT2D eigenvalue weighted by Crippen LogP contribution is -2.24. The summed E-state index contributed by atoms with van der Waals surface area (Å²) in [6, 6.07) is 18.0. The van der Waals surface area contributed by atoms with E-state index in [0.29, 0.717) is 17.1 Å². The Balaban J connectivity index is 1.65. The Labute approximate surface area is 157 Å². The predicted molar refractivity (Wildman–Crippen MR) is 105 cm³/mol. The minimum atomic E-state index is -0.0781. The number of fused-ring (bicyclic) bond motifs is 1. The summed E-state index contributed by atoms with van der Waals surface area (Å²) in [6.07, 6.45) is 0. The van der Waals surface area contributed by atoms with E-state index >= 15 is 0 Å². The smallest absolute Gasteiger partial charge is 0.230 e. The summed E-state index contributed by atoms with van der Waals surface area (Å²) < 4.78 is 0. The Kier molecular flexibility index (Phi) is 5.55. The quantitative estimate of drug-likeness (QED) is 0.694. The molecule has 4 nitrogen and oxygen atoms in total. The molecule has 0 spiro atoms. The van der Waals surface area contributed by atoms with Gasteiger partial charge in [-0.1, -0.05) is 53.7 Å². The van der Waals surface area contributed by atoms with Crippen LogP contribution in [-0.2, 0) is 11.3 Å². The minimum Gasteiger partial charge on any atom is -0.351 e. The number of pyridine rings is 1. The number of nitrogens with one attached hydrogen (secondary N) is 1. The van der Waals surface area contributed by atoms with Crippen molar-refractivity contribution in [2.75, 3.05) is 5.75 Å². The van der Waals surface area contributed by atoms with Crippen LogP contribution in [0.4, 0.5) is 0 Å². The lowest BCUT2D eigenvalue weighted by Gasteiger charge is -2.08. The zero-order valence-corrected chi connectivity index (χ0v) is 15.6. The molecule has 0 saturated carbocycles. The van der Waals surface area contributed by atoms with E-state index in [-0.39, 0.29) is 11.7 Å². The molecule has 1 amide bonds. The van der Waals surface area contributed by atoms with Crippen molar-refractivity contribution in [3.05, 3.63) is 70.8 Å². The molecule has 3 rings (SSSR count). The third-order valence-corrected chi connectivity index (χ3v) is 5.00. The first kappa shape index (κ1) is 18.0. The molecule has 130 valence electrons. The summed E-state index contributed by atoms with van der Waals surface area (Å²) in [5.74, 6) is 0.149. The van der Waals surface area contributed by atoms with Gasteiger partial charge < -0.3 is 5.32 Å². The predicted octanol–water partition coefficient (Wildman–Crippen LogP) is 4.13. The van der Waals surface area contributed by atoms with E-state index in [1.165, 1.54) is 17.3 Å². The van der Waals surface area contributed by atoms with Crippen molar-refractivity contribution in [3.8, 4) is 6.07 Å². The number of rotatable bonds is 5. The second-order valence-corrected chi connectivity index (χ2v) is 7.16. The molecule has 1 N–H and O–H groups in total. The maximum atomic E-state index is 12.1. The average molecular weight is 361 g/mol. The monoisotopic (exact) mass is 361 g/mol. The molecule has 0 aliphatic carbocycles. The summed E-state index contributed by atoms with van der Waals surface area (Å²) in [7, 11) is 0. The molecule has 26 heavy (non-hydrogen) atoms. The van der Waals surface area contributed by atoms with Gasteiger partial charge in [-0.25, -0.2) is 4.98 Å². The molecule has 0 bridgehead atoms. The van der Waals surface area contributed by atoms with Gasteiger partial charge >= 0.3 is 0 Å². The fraction of sp³-hybridized carbons (Fsp3) is 0.190. The molecule has 0 fully saturated rings. The number of hydrogen-bond acceptors (Lipinski definition) is 4. The summed E-state index contributed by atoms with van der Waals surface area (Å²) >= 11 is 1.29. The number of benzene rings is 2. The molecule has 1 aromatic heterocycles. The number of nitrogens with zero attached hydrogens (tertiary/aromatic N) is 2. The molecule has 2 aromatic carbocycles. The van der Waals surface area contributed by atoms with Crippen LogP contribution in [0.3, 0.4) is 0 Å². The first-order chi connectivity index (χ1) is 12.5. The van der Waals surface area contributed by atoms with Crippen LogP contribution < -0.4 is 5.32 Å². The third kappa shape index (κ3) is 4.41. The summed E-state index contributed by atoms with van der Waals surface area (Å²) in [4.78, 5) is 16.7. The molecule has 0 radical (unpaired) electrons. The van der Waals surface area contributed by atoms with E-state index in [1.807, 2.05) is 62.4 Å². The summed E-state index contributed by atoms with van der Waals surface area (Å²) in [5, 5.41) is 13.8. The van der Waals surface area contributed by atoms with E-state index in [0.717, 1.165) is 22.0 Å². The van der Waals surface area contributed by atoms with Crippen molar-refractivity contribution >= 4 is 28.6 Å². The van der Waals surface area contributed by atoms with Crippen LogP contribution in [0, 0.1) is 25.2 Å². The van der Waals surface area contributed by atoms with Gasteiger partial charge in [-0.2, -0.15) is 5.26 Å². The van der Waals surface area contributed by atoms with Crippen LogP contribution in [0.2, 0.25) is 0 Å². The van der Waals surface area contributed by atoms with Crippen LogP contribution in [0.15, 0.2) is 53.6 Å². The van der Waals surface area contributed by atoms with Crippen molar-refractivity contribution in [1.29, 1.82) is 5.26 Å². The van der Waals surface area contributed by atoms with Gasteiger partial charge in [-0.05, 0) is 37.1 Å². The summed E-state index contributed by atoms with van der Waals surface area (Å²) in [5.41, 5.74) is 4.70. The maximum Gasteiger partial charge on any atom is 0.230 e. The molecule has 0 aliphatic heterocycles. The Morgan fingerprint density at radius 2 is 1.85 bits per heavy atom. The molecule has 5 heteroatoms. The number of carbonyl (C=O) groups excluding carboxylic acids is 1. The Hall–Kier alpha value is -2.84. The fourth-order valence-corrected chi connectivity index (χ4v) is 3.33. The standard InChI is InChI=1S/C21H19N3OS/c1-14-3-6-16(7-4-14)12-23-20(25)13-26-21-18(11-22)10-17-8-5-15(2)9-19(17)24-21/h3-10H,12-13H2,1-2H3,(H,23,25). The lowest BCUT2D eigenvalue weighted by atomic mass is 10.1. The van der Waals surface area contributed by atoms with Crippen molar-refractivity contribution in [2.45, 2.75) is 25.4 Å². The number of carbonyl (C=O) groups is 1. The van der Waals surface area contributed by atoms with E-state index in [1.54, 1.807) is 0 Å². The van der Waals surface area contributed by atoms with E-state index in [9.17, 15) is 10.1 Å². The highest BCUT2D eigenvalue weighted by atomic mass is 32.2. The van der Waals surface area contributed by atoms with Crippen LogP contribution in [0.1, 0.15) is 22.3 Å². The van der Waals surface area contributed by atoms with E-state index < -0.39 is 0 Å². The second kappa shape index (κ2) is 8.03. The molecule has 0 atom stereocenters. The first-order valence-corrected chi connectivity index (χ1v) is 9.30. The fourth-order valence-electron chi connectivity index (χ4n) is 2.54. The number of hydrogen-bond donors (Lipinski definition) is 1. The molecular formula is C21H19N3OS. The Bertz CT molecular complexity index is 991. The van der Waals surface area contributed by atoms with Crippen molar-refractivity contribution in [3.63, 3.8) is 0 Å². The molecule has 0 aliphatic rings. The second-order valence-electron chi connectivity index (χ2n) is 6.20. The number of amides is 1. The molecular weight excluding hydrogens is 342 g/mol. The average Bonchev–Trinajstić information content (AvgIpc) is 2.65. The topological polar surface area (TPSA) is 65.8 Å². The SMILES string of the molecule is Cc1ccc(CNC(=O)CSc2nc3cc(C)ccc3cc2C#N)cc1. The van der Waals surface area contributed by atoms with Crippen LogP contribution in [0.5, 0.6) is 0 Å². The Morgan fingerprint density at radius 1 is 1.12 bits per heavy atom. The minimum absolute atomic E-state index is 0.0781. The van der Waals surface area contributed by atoms with Crippen LogP contribution in [0.25, 0.3) is 10.9 Å². The van der Waals surface area contributed by atoms with Gasteiger partial charge in [0.1, 0.15) is 11.1 Å². The maximum absolute atomic E-state index is 12.1. The van der Waals surface area contributed by atoms with Gasteiger partial charge in [0, 0.05) is 11.9 Å². The number of aryl methyl sites for hydroxylation is 2. The van der Waals surface area contributed by atoms with Crippen molar-refractivity contribution < 1.29 is 4.79 Å². The van der Waals surface area contributed by atoms with Crippen LogP contribution >= 0.6 is 11.8 Å². The number of nitriles is 1. The number of thioether (sulfide) groups is 1. The van der Waals surface area contributed by atoms with E-state index in [2.05, 4.69) is 16.4 Å². The highest BCUT2D eigenvalue weighted by molar-refractivity contribution is 8.00. The molecule has 0 saturated heterocycles. The highest BCUT2D eigenvalue weighted by Gasteiger charge is 2.10. The van der Waals surface area contributed by atoms with Crippen molar-refractivity contribution in [1.82, 2.24) is 10.3 Å². The molecule has 3 aromatic rings. The van der Waals surface area contributed by atoms with Crippen LogP contribution in [-0.4, -0.2) is 16.6 Å². The van der Waals surface area contributed by atoms with Gasteiger partial charge in [-0.3, -0.25) is 4.79 Å². The number of aromatic nitrogens is 1. The normalized spacial score (nSPS) is 10.5. The zero-order chi connectivity index (χ0) is 18.5. The lowest BCUT2D eigenvalue weighted by molar-refractivity contribution is -0.118. The molecule has 0 unspecified atom stereocenters. The van der Waals surface area contributed by atoms with Gasteiger partial charge in [0.05, 0.1) is 16.8 Å². The Morgan fingerprint density at radius 3 is 2.58 bits per heavy atom. The first-order valence-electron chi connectivity index (χ1n) is 8.32. The third-order valence-electron chi connectivity index (χ3n) is 4.01. The van der Waals surface area contributed by atoms with Gasteiger partial charge in [-0.15, -0.1) is 0 Å². The van der Waals surface area contributed by atoms with Crippen molar-refractivity contribution in [2.24, 2.45) is 0 Å². The largest absolute Gasteiger partial charge is 0.351 e. The van der Waals surface area contributed by atoms with E-state index in [4.69, 9.17) is 0 Å². The van der Waals surface area contributed by atoms with Gasteiger partial charge in [0.2, 0.25) is 5.91 Å². The molecule has 1 heterocycles. The van der Waals surface area contributed by atoms with Gasteiger partial charge in [0.15, 0.2) is 0 Å². The highest BCUT2D eigenvalue weighted by Crippen LogP contribution is 2.25. The van der Waals surface area contributed by atoms with Gasteiger partial charge in [0.25, 0.3) is 0 Å².